The highest BCUT2D eigenvalue weighted by Gasteiger charge is 2.19. The smallest absolute Gasteiger partial charge is 0.261 e. The fourth-order valence-electron chi connectivity index (χ4n) is 3.00. The molecule has 0 fully saturated rings. The van der Waals surface area contributed by atoms with E-state index in [1.54, 1.807) is 6.92 Å². The van der Waals surface area contributed by atoms with Crippen molar-refractivity contribution in [1.82, 2.24) is 15.5 Å². The monoisotopic (exact) mass is 365 g/mol. The van der Waals surface area contributed by atoms with Crippen molar-refractivity contribution >= 4 is 17.5 Å². The number of benzene rings is 1. The number of nitrogens with zero attached hydrogens (tertiary/aromatic N) is 1. The largest absolute Gasteiger partial charge is 0.479 e. The Morgan fingerprint density at radius 2 is 2.20 bits per heavy atom. The molecule has 134 valence electrons. The molecule has 0 aliphatic heterocycles. The molecule has 1 aromatic carbocycles. The molecule has 3 rings (SSSR count). The fourth-order valence-corrected chi connectivity index (χ4v) is 3.21. The number of hydrogen-bond acceptors (Lipinski definition) is 3. The molecule has 1 atom stereocenters. The number of nitrogens with one attached hydrogen (secondary N) is 2. The lowest BCUT2D eigenvalue weighted by atomic mass is 10.1. The second kappa shape index (κ2) is 7.87. The minimum atomic E-state index is -0.750. The van der Waals surface area contributed by atoms with Crippen molar-refractivity contribution in [2.45, 2.75) is 51.7 Å². The SMILES string of the molecule is C[C@H](Oc1ccc(F)cc1Cl)C(=O)NCc1n[nH]c2c1CCCCC2. The summed E-state index contributed by atoms with van der Waals surface area (Å²) in [7, 11) is 0. The molecular formula is C18H21ClFN3O2. The van der Waals surface area contributed by atoms with E-state index in [9.17, 15) is 9.18 Å². The molecule has 5 nitrogen and oxygen atoms in total. The summed E-state index contributed by atoms with van der Waals surface area (Å²) >= 11 is 5.92. The highest BCUT2D eigenvalue weighted by atomic mass is 35.5. The summed E-state index contributed by atoms with van der Waals surface area (Å²) in [5.41, 5.74) is 3.30. The third-order valence-electron chi connectivity index (χ3n) is 4.39. The van der Waals surface area contributed by atoms with Gasteiger partial charge in [0, 0.05) is 5.69 Å². The van der Waals surface area contributed by atoms with Gasteiger partial charge in [0.15, 0.2) is 6.10 Å². The molecule has 2 N–H and O–H groups in total. The summed E-state index contributed by atoms with van der Waals surface area (Å²) in [6.45, 7) is 1.98. The zero-order valence-corrected chi connectivity index (χ0v) is 14.8. The van der Waals surface area contributed by atoms with Gasteiger partial charge in [-0.1, -0.05) is 18.0 Å². The van der Waals surface area contributed by atoms with E-state index in [4.69, 9.17) is 16.3 Å². The number of H-pyrrole nitrogens is 1. The maximum Gasteiger partial charge on any atom is 0.261 e. The molecule has 25 heavy (non-hydrogen) atoms. The summed E-state index contributed by atoms with van der Waals surface area (Å²) in [5, 5.41) is 10.4. The standard InChI is InChI=1S/C18H21ClFN3O2/c1-11(25-17-8-7-12(20)9-14(17)19)18(24)21-10-16-13-5-3-2-4-6-15(13)22-23-16/h7-9,11H,2-6,10H2,1H3,(H,21,24)(H,22,23)/t11-/m0/s1. The van der Waals surface area contributed by atoms with Crippen LogP contribution < -0.4 is 10.1 Å². The van der Waals surface area contributed by atoms with Crippen LogP contribution >= 0.6 is 11.6 Å². The van der Waals surface area contributed by atoms with Gasteiger partial charge in [0.2, 0.25) is 0 Å². The molecule has 1 aliphatic rings. The van der Waals surface area contributed by atoms with E-state index in [0.29, 0.717) is 6.54 Å². The quantitative estimate of drug-likeness (QED) is 0.796. The zero-order chi connectivity index (χ0) is 17.8. The van der Waals surface area contributed by atoms with Crippen LogP contribution in [0, 0.1) is 5.82 Å². The molecule has 1 aromatic heterocycles. The lowest BCUT2D eigenvalue weighted by molar-refractivity contribution is -0.127. The molecule has 0 bridgehead atoms. The first kappa shape index (κ1) is 17.7. The van der Waals surface area contributed by atoms with Gasteiger partial charge >= 0.3 is 0 Å². The number of fused-ring (bicyclic) bond motifs is 1. The Hall–Kier alpha value is -2.08. The number of halogens is 2. The number of ether oxygens (including phenoxy) is 1. The number of carbonyl (C=O) groups excluding carboxylic acids is 1. The van der Waals surface area contributed by atoms with E-state index in [0.717, 1.165) is 31.0 Å². The maximum absolute atomic E-state index is 13.1. The fraction of sp³-hybridized carbons (Fsp3) is 0.444. The van der Waals surface area contributed by atoms with Crippen molar-refractivity contribution in [2.75, 3.05) is 0 Å². The van der Waals surface area contributed by atoms with Crippen LogP contribution in [0.3, 0.4) is 0 Å². The van der Waals surface area contributed by atoms with Gasteiger partial charge in [0.05, 0.1) is 17.3 Å². The number of carbonyl (C=O) groups is 1. The van der Waals surface area contributed by atoms with E-state index in [1.807, 2.05) is 0 Å². The molecule has 1 amide bonds. The van der Waals surface area contributed by atoms with E-state index >= 15 is 0 Å². The molecule has 0 saturated carbocycles. The van der Waals surface area contributed by atoms with E-state index < -0.39 is 11.9 Å². The molecule has 0 saturated heterocycles. The number of aromatic nitrogens is 2. The van der Waals surface area contributed by atoms with Crippen molar-refractivity contribution in [3.8, 4) is 5.75 Å². The molecule has 1 heterocycles. The topological polar surface area (TPSA) is 67.0 Å². The van der Waals surface area contributed by atoms with Crippen molar-refractivity contribution < 1.29 is 13.9 Å². The maximum atomic E-state index is 13.1. The summed E-state index contributed by atoms with van der Waals surface area (Å²) in [4.78, 5) is 12.3. The molecule has 7 heteroatoms. The molecular weight excluding hydrogens is 345 g/mol. The second-order valence-electron chi connectivity index (χ2n) is 6.24. The van der Waals surface area contributed by atoms with Gasteiger partial charge < -0.3 is 10.1 Å². The third kappa shape index (κ3) is 4.31. The Balaban J connectivity index is 1.58. The summed E-state index contributed by atoms with van der Waals surface area (Å²) in [6.07, 6.45) is 4.80. The second-order valence-corrected chi connectivity index (χ2v) is 6.65. The average Bonchev–Trinajstić information content (AvgIpc) is 2.81. The first-order chi connectivity index (χ1) is 12.0. The van der Waals surface area contributed by atoms with Crippen molar-refractivity contribution in [3.63, 3.8) is 0 Å². The van der Waals surface area contributed by atoms with Crippen LogP contribution in [0.4, 0.5) is 4.39 Å². The minimum Gasteiger partial charge on any atom is -0.479 e. The van der Waals surface area contributed by atoms with Crippen LogP contribution in [-0.4, -0.2) is 22.2 Å². The summed E-state index contributed by atoms with van der Waals surface area (Å²) in [6, 6.07) is 3.81. The zero-order valence-electron chi connectivity index (χ0n) is 14.1. The lowest BCUT2D eigenvalue weighted by Gasteiger charge is -2.15. The summed E-state index contributed by atoms with van der Waals surface area (Å²) < 4.78 is 18.6. The normalized spacial score (nSPS) is 15.2. The van der Waals surface area contributed by atoms with E-state index in [2.05, 4.69) is 15.5 Å². The first-order valence-corrected chi connectivity index (χ1v) is 8.87. The van der Waals surface area contributed by atoms with Gasteiger partial charge in [-0.3, -0.25) is 9.89 Å². The Morgan fingerprint density at radius 3 is 3.00 bits per heavy atom. The minimum absolute atomic E-state index is 0.136. The Morgan fingerprint density at radius 1 is 1.40 bits per heavy atom. The lowest BCUT2D eigenvalue weighted by Crippen LogP contribution is -2.36. The van der Waals surface area contributed by atoms with Gasteiger partial charge in [-0.05, 0) is 56.4 Å². The van der Waals surface area contributed by atoms with E-state index in [1.165, 1.54) is 36.2 Å². The van der Waals surface area contributed by atoms with Crippen LogP contribution in [0.15, 0.2) is 18.2 Å². The number of amides is 1. The molecule has 1 aliphatic carbocycles. The molecule has 2 aromatic rings. The van der Waals surface area contributed by atoms with Crippen LogP contribution in [0.2, 0.25) is 5.02 Å². The van der Waals surface area contributed by atoms with Crippen LogP contribution in [0.5, 0.6) is 5.75 Å². The van der Waals surface area contributed by atoms with Crippen LogP contribution in [0.1, 0.15) is 43.1 Å². The van der Waals surface area contributed by atoms with Crippen molar-refractivity contribution in [3.05, 3.63) is 46.0 Å². The number of rotatable bonds is 5. The van der Waals surface area contributed by atoms with Gasteiger partial charge in [-0.25, -0.2) is 4.39 Å². The summed E-state index contributed by atoms with van der Waals surface area (Å²) in [5.74, 6) is -0.446. The van der Waals surface area contributed by atoms with Gasteiger partial charge in [-0.2, -0.15) is 5.10 Å². The Labute approximate surface area is 150 Å². The highest BCUT2D eigenvalue weighted by molar-refractivity contribution is 6.32. The highest BCUT2D eigenvalue weighted by Crippen LogP contribution is 2.26. The van der Waals surface area contributed by atoms with Gasteiger partial charge in [0.25, 0.3) is 5.91 Å². The van der Waals surface area contributed by atoms with Crippen LogP contribution in [0.25, 0.3) is 0 Å². The van der Waals surface area contributed by atoms with Crippen molar-refractivity contribution in [1.29, 1.82) is 0 Å². The van der Waals surface area contributed by atoms with Crippen molar-refractivity contribution in [2.24, 2.45) is 0 Å². The average molecular weight is 366 g/mol. The predicted molar refractivity (Wildman–Crippen MR) is 93.2 cm³/mol. The Kier molecular flexibility index (Phi) is 5.58. The molecule has 0 unspecified atom stereocenters. The number of aromatic amines is 1. The molecule has 0 radical (unpaired) electrons. The molecule has 0 spiro atoms. The Bertz CT molecular complexity index is 763. The first-order valence-electron chi connectivity index (χ1n) is 8.49. The number of hydrogen-bond donors (Lipinski definition) is 2. The van der Waals surface area contributed by atoms with Crippen LogP contribution in [-0.2, 0) is 24.2 Å². The van der Waals surface area contributed by atoms with Gasteiger partial charge in [0.1, 0.15) is 11.6 Å². The third-order valence-corrected chi connectivity index (χ3v) is 4.68. The number of aryl methyl sites for hydroxylation is 1. The predicted octanol–water partition coefficient (Wildman–Crippen LogP) is 3.55. The van der Waals surface area contributed by atoms with Gasteiger partial charge in [-0.15, -0.1) is 0 Å². The van der Waals surface area contributed by atoms with E-state index in [-0.39, 0.29) is 16.7 Å².